The average Bonchev–Trinajstić information content (AvgIpc) is 1.02. The first kappa shape index (κ1) is 94.7. The van der Waals surface area contributed by atoms with E-state index in [1.54, 1.807) is 0 Å². The van der Waals surface area contributed by atoms with Crippen molar-refractivity contribution in [2.24, 2.45) is 0 Å². The van der Waals surface area contributed by atoms with E-state index in [-0.39, 0.29) is 19.3 Å². The Kier molecular flexibility index (Phi) is 70.2. The lowest BCUT2D eigenvalue weighted by Gasteiger charge is -2.21. The number of allylic oxidation sites excluding steroid dienone is 22. The Bertz CT molecular complexity index is 2330. The number of aliphatic hydroxyl groups is 2. The van der Waals surface area contributed by atoms with Crippen LogP contribution in [0.3, 0.4) is 0 Å². The van der Waals surface area contributed by atoms with Gasteiger partial charge in [-0.2, -0.15) is 0 Å². The molecule has 0 aliphatic heterocycles. The lowest BCUT2D eigenvalue weighted by molar-refractivity contribution is -0.161. The number of rotatable bonds is 72. The SMILES string of the molecule is CC/C=C\C/C=C\C/C=C\C/C=C\C/C=C\CCCCCCCCCC(=O)OCC(COP(=O)(O)OCC(O)COP(=O)(O)OCC(O)COC(=O)CCCCCCCCCCCCC/C=C\C/C=C\C/C=C\C/C=C\CCCCC)OC(=O)CCCCCCC/C=C\C/C=C\CCC. The maximum absolute atomic E-state index is 12.9. The van der Waals surface area contributed by atoms with Gasteiger partial charge in [-0.3, -0.25) is 32.5 Å². The van der Waals surface area contributed by atoms with Crippen molar-refractivity contribution in [1.29, 1.82) is 0 Å². The molecule has 0 aromatic heterocycles. The Morgan fingerprint density at radius 2 is 0.556 bits per heavy atom. The molecule has 0 rings (SSSR count). The lowest BCUT2D eigenvalue weighted by Crippen LogP contribution is -2.30. The summed E-state index contributed by atoms with van der Waals surface area (Å²) in [5.41, 5.74) is 0. The Balaban J connectivity index is 4.55. The number of hydrogen-bond acceptors (Lipinski definition) is 14. The van der Waals surface area contributed by atoms with Crippen molar-refractivity contribution in [3.05, 3.63) is 134 Å². The zero-order valence-electron chi connectivity index (χ0n) is 61.9. The number of hydrogen-bond donors (Lipinski definition) is 4. The third kappa shape index (κ3) is 74.7. The molecular weight excluding hydrogens is 1290 g/mol. The number of carbonyl (C=O) groups excluding carboxylic acids is 3. The topological polar surface area (TPSA) is 231 Å². The Labute approximate surface area is 601 Å². The zero-order valence-corrected chi connectivity index (χ0v) is 63.7. The lowest BCUT2D eigenvalue weighted by atomic mass is 10.0. The highest BCUT2D eigenvalue weighted by Crippen LogP contribution is 2.45. The number of esters is 3. The number of phosphoric ester groups is 2. The summed E-state index contributed by atoms with van der Waals surface area (Å²) < 4.78 is 61.0. The van der Waals surface area contributed by atoms with E-state index < -0.39 is 91.5 Å². The fourth-order valence-corrected chi connectivity index (χ4v) is 11.6. The first-order valence-corrected chi connectivity index (χ1v) is 41.5. The van der Waals surface area contributed by atoms with Gasteiger partial charge < -0.3 is 34.2 Å². The molecule has 0 aliphatic carbocycles. The molecule has 99 heavy (non-hydrogen) atoms. The van der Waals surface area contributed by atoms with Crippen molar-refractivity contribution in [1.82, 2.24) is 0 Å². The normalized spacial score (nSPS) is 14.8. The van der Waals surface area contributed by atoms with Gasteiger partial charge in [-0.1, -0.05) is 283 Å². The van der Waals surface area contributed by atoms with Gasteiger partial charge in [0, 0.05) is 19.3 Å². The summed E-state index contributed by atoms with van der Waals surface area (Å²) in [5, 5.41) is 20.6. The van der Waals surface area contributed by atoms with Crippen LogP contribution in [0, 0.1) is 0 Å². The number of phosphoric acid groups is 2. The molecule has 0 radical (unpaired) electrons. The van der Waals surface area contributed by atoms with E-state index in [0.29, 0.717) is 19.3 Å². The Hall–Kier alpha value is -4.31. The largest absolute Gasteiger partial charge is 0.472 e. The van der Waals surface area contributed by atoms with E-state index in [1.807, 2.05) is 0 Å². The van der Waals surface area contributed by atoms with Crippen LogP contribution < -0.4 is 0 Å². The molecular formula is C81H138O16P2. The number of ether oxygens (including phenoxy) is 3. The summed E-state index contributed by atoms with van der Waals surface area (Å²) in [6.07, 6.45) is 87.9. The van der Waals surface area contributed by atoms with Gasteiger partial charge in [0.05, 0.1) is 26.4 Å². The van der Waals surface area contributed by atoms with Crippen LogP contribution in [0.1, 0.15) is 303 Å². The van der Waals surface area contributed by atoms with E-state index in [4.69, 9.17) is 32.3 Å². The molecule has 0 aliphatic rings. The second-order valence-electron chi connectivity index (χ2n) is 25.4. The molecule has 5 atom stereocenters. The minimum absolute atomic E-state index is 0.0824. The van der Waals surface area contributed by atoms with Gasteiger partial charge in [-0.05, 0) is 135 Å². The monoisotopic (exact) mass is 1430 g/mol. The minimum Gasteiger partial charge on any atom is -0.463 e. The van der Waals surface area contributed by atoms with Crippen LogP contribution in [0.4, 0.5) is 0 Å². The van der Waals surface area contributed by atoms with E-state index >= 15 is 0 Å². The highest BCUT2D eigenvalue weighted by atomic mass is 31.2. The number of carbonyl (C=O) groups is 3. The maximum atomic E-state index is 12.9. The van der Waals surface area contributed by atoms with Gasteiger partial charge in [0.25, 0.3) is 0 Å². The van der Waals surface area contributed by atoms with Gasteiger partial charge in [0.2, 0.25) is 0 Å². The molecule has 0 aromatic carbocycles. The van der Waals surface area contributed by atoms with Crippen LogP contribution in [0.5, 0.6) is 0 Å². The molecule has 16 nitrogen and oxygen atoms in total. The first-order valence-electron chi connectivity index (χ1n) is 38.5. The highest BCUT2D eigenvalue weighted by molar-refractivity contribution is 7.47. The van der Waals surface area contributed by atoms with Crippen molar-refractivity contribution in [3.63, 3.8) is 0 Å². The molecule has 0 saturated heterocycles. The Morgan fingerprint density at radius 3 is 0.889 bits per heavy atom. The van der Waals surface area contributed by atoms with Crippen LogP contribution in [0.2, 0.25) is 0 Å². The van der Waals surface area contributed by atoms with Crippen molar-refractivity contribution >= 4 is 33.6 Å². The minimum atomic E-state index is -4.94. The third-order valence-corrected chi connectivity index (χ3v) is 17.7. The first-order chi connectivity index (χ1) is 48.2. The van der Waals surface area contributed by atoms with E-state index in [2.05, 4.69) is 154 Å². The summed E-state index contributed by atoms with van der Waals surface area (Å²) in [5.74, 6) is -1.61. The van der Waals surface area contributed by atoms with Crippen molar-refractivity contribution in [2.75, 3.05) is 39.6 Å². The van der Waals surface area contributed by atoms with Crippen LogP contribution in [-0.4, -0.2) is 95.9 Å². The summed E-state index contributed by atoms with van der Waals surface area (Å²) in [6, 6.07) is 0. The molecule has 0 amide bonds. The van der Waals surface area contributed by atoms with Crippen LogP contribution in [0.25, 0.3) is 0 Å². The third-order valence-electron chi connectivity index (χ3n) is 15.8. The molecule has 4 N–H and O–H groups in total. The summed E-state index contributed by atoms with van der Waals surface area (Å²) in [4.78, 5) is 58.6. The second kappa shape index (κ2) is 73.4. The van der Waals surface area contributed by atoms with Crippen LogP contribution in [-0.2, 0) is 55.8 Å². The van der Waals surface area contributed by atoms with E-state index in [1.165, 1.54) is 70.6 Å². The molecule has 0 aromatic rings. The molecule has 0 heterocycles. The molecule has 0 saturated carbocycles. The number of aliphatic hydroxyl groups excluding tert-OH is 2. The zero-order chi connectivity index (χ0) is 72.3. The molecule has 0 fully saturated rings. The van der Waals surface area contributed by atoms with Gasteiger partial charge in [-0.25, -0.2) is 9.13 Å². The fraction of sp³-hybridized carbons (Fsp3) is 0.691. The average molecular weight is 1430 g/mol. The standard InChI is InChI=1S/C81H138O16P2/c1-4-7-10-13-16-19-22-25-27-29-31-33-35-36-37-38-40-42-43-45-47-50-52-55-58-61-64-67-79(84)91-70-76(82)71-93-98(87,88)94-72-77(83)73-95-99(89,90)96-75-78(97-81(86)69-66-63-60-57-54-49-24-21-18-15-12-9-6-3)74-92-80(85)68-65-62-59-56-53-51-48-46-44-41-39-34-32-30-28-26-23-20-17-14-11-8-5-2/h8,11-12,15-17,19-21,24-28,31-34,36-37,41,44,76-78,82-83H,4-7,9-10,13-14,18,22-23,29-30,35,38-40,42-43,45-75H2,1-3H3,(H,87,88)(H,89,90)/b11-8-,15-12-,19-16-,20-17-,24-21-,27-25-,28-26-,33-31-,34-32-,37-36-,44-41-. The summed E-state index contributed by atoms with van der Waals surface area (Å²) >= 11 is 0. The number of unbranched alkanes of at least 4 members (excludes halogenated alkanes) is 27. The maximum Gasteiger partial charge on any atom is 0.472 e. The van der Waals surface area contributed by atoms with E-state index in [0.717, 1.165) is 173 Å². The molecule has 5 unspecified atom stereocenters. The quantitative estimate of drug-likeness (QED) is 0.0146. The van der Waals surface area contributed by atoms with Crippen molar-refractivity contribution in [3.8, 4) is 0 Å². The van der Waals surface area contributed by atoms with E-state index in [9.17, 15) is 43.5 Å². The Morgan fingerprint density at radius 1 is 0.293 bits per heavy atom. The van der Waals surface area contributed by atoms with Gasteiger partial charge in [0.1, 0.15) is 25.4 Å². The predicted octanol–water partition coefficient (Wildman–Crippen LogP) is 22.3. The molecule has 568 valence electrons. The van der Waals surface area contributed by atoms with Crippen molar-refractivity contribution < 1.29 is 75.8 Å². The fourth-order valence-electron chi connectivity index (χ4n) is 9.97. The second-order valence-corrected chi connectivity index (χ2v) is 28.3. The highest BCUT2D eigenvalue weighted by Gasteiger charge is 2.29. The molecule has 0 spiro atoms. The van der Waals surface area contributed by atoms with Gasteiger partial charge in [0.15, 0.2) is 6.10 Å². The van der Waals surface area contributed by atoms with Crippen LogP contribution >= 0.6 is 15.6 Å². The summed E-state index contributed by atoms with van der Waals surface area (Å²) in [6.45, 7) is 2.44. The predicted molar refractivity (Wildman–Crippen MR) is 408 cm³/mol. The smallest absolute Gasteiger partial charge is 0.463 e. The van der Waals surface area contributed by atoms with Crippen LogP contribution in [0.15, 0.2) is 134 Å². The molecule has 0 bridgehead atoms. The molecule has 18 heteroatoms. The summed E-state index contributed by atoms with van der Waals surface area (Å²) in [7, 11) is -9.80. The van der Waals surface area contributed by atoms with Gasteiger partial charge >= 0.3 is 33.6 Å². The van der Waals surface area contributed by atoms with Gasteiger partial charge in [-0.15, -0.1) is 0 Å². The van der Waals surface area contributed by atoms with Crippen molar-refractivity contribution in [2.45, 2.75) is 322 Å².